The Kier molecular flexibility index (Phi) is 9.01. The molecule has 0 spiro atoms. The van der Waals surface area contributed by atoms with Crippen LogP contribution in [0.5, 0.6) is 0 Å². The van der Waals surface area contributed by atoms with Gasteiger partial charge in [0, 0.05) is 49.1 Å². The summed E-state index contributed by atoms with van der Waals surface area (Å²) in [5.41, 5.74) is 4.14. The Balaban J connectivity index is 0.00000141. The second-order valence-electron chi connectivity index (χ2n) is 9.66. The van der Waals surface area contributed by atoms with Crippen LogP contribution in [0.15, 0.2) is 36.4 Å². The Hall–Kier alpha value is -2.61. The van der Waals surface area contributed by atoms with Gasteiger partial charge in [-0.1, -0.05) is 24.6 Å². The number of aldehydes is 1. The van der Waals surface area contributed by atoms with Gasteiger partial charge in [-0.3, -0.25) is 9.69 Å². The first-order valence-corrected chi connectivity index (χ1v) is 12.9. The molecule has 2 saturated carbocycles. The number of nitrogens with one attached hydrogen (secondary N) is 2. The van der Waals surface area contributed by atoms with Crippen molar-refractivity contribution in [2.24, 2.45) is 5.92 Å². The van der Waals surface area contributed by atoms with E-state index in [1.165, 1.54) is 6.42 Å². The lowest BCUT2D eigenvalue weighted by Crippen LogP contribution is -2.44. The van der Waals surface area contributed by atoms with E-state index in [4.69, 9.17) is 15.3 Å². The number of aliphatic hydroxyl groups is 1. The number of carbonyl (C=O) groups excluding carboxylic acids is 1. The average Bonchev–Trinajstić information content (AvgIpc) is 2.89. The van der Waals surface area contributed by atoms with Crippen molar-refractivity contribution >= 4 is 23.5 Å². The van der Waals surface area contributed by atoms with Crippen LogP contribution in [0.25, 0.3) is 0 Å². The van der Waals surface area contributed by atoms with E-state index >= 15 is 0 Å². The third-order valence-corrected chi connectivity index (χ3v) is 7.71. The molecule has 2 heterocycles. The first-order chi connectivity index (χ1) is 17.2. The number of anilines is 2. The fourth-order valence-corrected chi connectivity index (χ4v) is 5.60. The summed E-state index contributed by atoms with van der Waals surface area (Å²) in [4.78, 5) is 19.1. The molecule has 7 nitrogen and oxygen atoms in total. The highest BCUT2D eigenvalue weighted by molar-refractivity contribution is 6.06. The summed E-state index contributed by atoms with van der Waals surface area (Å²) >= 11 is 0. The molecule has 1 saturated heterocycles. The van der Waals surface area contributed by atoms with Crippen LogP contribution in [0.2, 0.25) is 0 Å². The molecule has 1 aromatic heterocycles. The maximum atomic E-state index is 11.8. The zero-order chi connectivity index (χ0) is 24.6. The van der Waals surface area contributed by atoms with E-state index in [1.54, 1.807) is 0 Å². The van der Waals surface area contributed by atoms with E-state index in [1.807, 2.05) is 36.4 Å². The number of para-hydroxylation sites is 1. The van der Waals surface area contributed by atoms with E-state index in [0.717, 1.165) is 95.0 Å². The number of benzene rings is 1. The molecule has 7 heteroatoms. The molecule has 1 aromatic carbocycles. The number of carbonyl (C=O) groups is 1. The molecule has 0 amide bonds. The number of ether oxygens (including phenoxy) is 1. The summed E-state index contributed by atoms with van der Waals surface area (Å²) in [6.45, 7) is 3.74. The van der Waals surface area contributed by atoms with Crippen molar-refractivity contribution in [2.75, 3.05) is 38.7 Å². The maximum Gasteiger partial charge on any atom is 0.168 e. The summed E-state index contributed by atoms with van der Waals surface area (Å²) in [7, 11) is 1.00. The lowest BCUT2D eigenvalue weighted by atomic mass is 9.74. The highest BCUT2D eigenvalue weighted by Gasteiger charge is 2.33. The third kappa shape index (κ3) is 5.97. The molecule has 2 aliphatic carbocycles. The van der Waals surface area contributed by atoms with Crippen LogP contribution in [0.1, 0.15) is 72.5 Å². The number of rotatable bonds is 7. The summed E-state index contributed by atoms with van der Waals surface area (Å²) < 4.78 is 5.54. The highest BCUT2D eigenvalue weighted by Crippen LogP contribution is 2.41. The van der Waals surface area contributed by atoms with E-state index in [-0.39, 0.29) is 0 Å². The molecule has 2 aromatic rings. The lowest BCUT2D eigenvalue weighted by Gasteiger charge is -2.39. The van der Waals surface area contributed by atoms with Gasteiger partial charge in [0.1, 0.15) is 11.5 Å². The monoisotopic (exact) mass is 478 g/mol. The zero-order valence-electron chi connectivity index (χ0n) is 20.7. The summed E-state index contributed by atoms with van der Waals surface area (Å²) in [6.07, 6.45) is 8.65. The van der Waals surface area contributed by atoms with E-state index in [0.29, 0.717) is 35.1 Å². The fraction of sp³-hybridized carbons (Fsp3) is 0.536. The number of pyridine rings is 1. The highest BCUT2D eigenvalue weighted by atomic mass is 16.5. The number of morpholine rings is 1. The van der Waals surface area contributed by atoms with Gasteiger partial charge in [-0.15, -0.1) is 0 Å². The predicted molar refractivity (Wildman–Crippen MR) is 139 cm³/mol. The third-order valence-electron chi connectivity index (χ3n) is 7.71. The van der Waals surface area contributed by atoms with E-state index in [2.05, 4.69) is 15.2 Å². The Morgan fingerprint density at radius 2 is 1.77 bits per heavy atom. The number of nitrogens with zero attached hydrogens (tertiary/aromatic N) is 2. The Morgan fingerprint density at radius 1 is 1.09 bits per heavy atom. The summed E-state index contributed by atoms with van der Waals surface area (Å²) in [5.74, 6) is 1.32. The zero-order valence-corrected chi connectivity index (χ0v) is 20.7. The molecule has 3 fully saturated rings. The van der Waals surface area contributed by atoms with Crippen molar-refractivity contribution in [1.29, 1.82) is 5.41 Å². The summed E-state index contributed by atoms with van der Waals surface area (Å²) in [6, 6.07) is 12.5. The number of hydrogen-bond acceptors (Lipinski definition) is 7. The second-order valence-corrected chi connectivity index (χ2v) is 9.66. The SMILES string of the molecule is CO.N=C(c1c(C2CCC(N3CCOCC3)CC2)cc(C=O)nc1Nc1ccccc1)C1CCC1. The van der Waals surface area contributed by atoms with Gasteiger partial charge in [-0.05, 0) is 68.2 Å². The molecule has 35 heavy (non-hydrogen) atoms. The van der Waals surface area contributed by atoms with E-state index < -0.39 is 0 Å². The van der Waals surface area contributed by atoms with Crippen LogP contribution in [0.4, 0.5) is 11.5 Å². The first-order valence-electron chi connectivity index (χ1n) is 12.9. The van der Waals surface area contributed by atoms with Crippen LogP contribution in [0, 0.1) is 11.3 Å². The standard InChI is InChI=1S/C27H34N4O2.CH4O/c28-26(20-5-4-6-20)25-24(19-9-11-23(12-10-19)31-13-15-33-16-14-31)17-22(18-32)30-27(25)29-21-7-2-1-3-8-21;1-2/h1-3,7-8,17-20,23,28H,4-6,9-16H2,(H,29,30);2H,1H3. The van der Waals surface area contributed by atoms with Gasteiger partial charge in [0.25, 0.3) is 0 Å². The molecule has 188 valence electrons. The first kappa shape index (κ1) is 25.5. The van der Waals surface area contributed by atoms with Crippen LogP contribution in [0.3, 0.4) is 0 Å². The van der Waals surface area contributed by atoms with Crippen molar-refractivity contribution in [3.05, 3.63) is 53.2 Å². The molecule has 3 aliphatic rings. The van der Waals surface area contributed by atoms with E-state index in [9.17, 15) is 4.79 Å². The summed E-state index contributed by atoms with van der Waals surface area (Å²) in [5, 5.41) is 19.5. The minimum Gasteiger partial charge on any atom is -0.400 e. The quantitative estimate of drug-likeness (QED) is 0.392. The molecule has 1 aliphatic heterocycles. The lowest BCUT2D eigenvalue weighted by molar-refractivity contribution is 0.00729. The molecule has 0 bridgehead atoms. The molecule has 0 radical (unpaired) electrons. The molecular formula is C28H38N4O3. The van der Waals surface area contributed by atoms with Crippen molar-refractivity contribution < 1.29 is 14.6 Å². The Labute approximate surface area is 208 Å². The maximum absolute atomic E-state index is 11.8. The Morgan fingerprint density at radius 3 is 2.37 bits per heavy atom. The molecule has 0 atom stereocenters. The molecular weight excluding hydrogens is 440 g/mol. The van der Waals surface area contributed by atoms with Gasteiger partial charge in [-0.2, -0.15) is 0 Å². The average molecular weight is 479 g/mol. The van der Waals surface area contributed by atoms with Gasteiger partial charge in [0.05, 0.1) is 13.2 Å². The van der Waals surface area contributed by atoms with Crippen molar-refractivity contribution in [2.45, 2.75) is 56.9 Å². The van der Waals surface area contributed by atoms with Crippen molar-refractivity contribution in [3.63, 3.8) is 0 Å². The van der Waals surface area contributed by atoms with Crippen molar-refractivity contribution in [3.8, 4) is 0 Å². The van der Waals surface area contributed by atoms with Gasteiger partial charge in [0.15, 0.2) is 6.29 Å². The Bertz CT molecular complexity index is 979. The van der Waals surface area contributed by atoms with Gasteiger partial charge in [0.2, 0.25) is 0 Å². The smallest absolute Gasteiger partial charge is 0.168 e. The molecule has 0 unspecified atom stereocenters. The van der Waals surface area contributed by atoms with Crippen LogP contribution >= 0.6 is 0 Å². The largest absolute Gasteiger partial charge is 0.400 e. The van der Waals surface area contributed by atoms with Crippen LogP contribution in [-0.4, -0.2) is 66.4 Å². The van der Waals surface area contributed by atoms with Gasteiger partial charge in [-0.25, -0.2) is 4.98 Å². The number of aromatic nitrogens is 1. The predicted octanol–water partition coefficient (Wildman–Crippen LogP) is 4.77. The van der Waals surface area contributed by atoms with Crippen LogP contribution < -0.4 is 5.32 Å². The molecule has 3 N–H and O–H groups in total. The van der Waals surface area contributed by atoms with Crippen molar-refractivity contribution in [1.82, 2.24) is 9.88 Å². The topological polar surface area (TPSA) is 98.5 Å². The number of aliphatic hydroxyl groups excluding tert-OH is 1. The van der Waals surface area contributed by atoms with Gasteiger partial charge < -0.3 is 20.6 Å². The normalized spacial score (nSPS) is 22.9. The number of hydrogen-bond donors (Lipinski definition) is 3. The van der Waals surface area contributed by atoms with Gasteiger partial charge >= 0.3 is 0 Å². The molecule has 5 rings (SSSR count). The minimum absolute atomic E-state index is 0.300. The fourth-order valence-electron chi connectivity index (χ4n) is 5.60. The van der Waals surface area contributed by atoms with Crippen LogP contribution in [-0.2, 0) is 4.74 Å². The minimum atomic E-state index is 0.300. The second kappa shape index (κ2) is 12.4.